The van der Waals surface area contributed by atoms with Gasteiger partial charge in [-0.3, -0.25) is 19.7 Å². The first-order chi connectivity index (χ1) is 11.9. The lowest BCUT2D eigenvalue weighted by molar-refractivity contribution is -0.384. The Balaban J connectivity index is 2.25. The summed E-state index contributed by atoms with van der Waals surface area (Å²) in [6.45, 7) is 1.60. The van der Waals surface area contributed by atoms with E-state index in [1.165, 1.54) is 25.3 Å². The predicted octanol–water partition coefficient (Wildman–Crippen LogP) is 2.90. The molecule has 7 nitrogen and oxygen atoms in total. The molecular weight excluding hydrogens is 326 g/mol. The molecule has 2 rings (SSSR count). The lowest BCUT2D eigenvalue weighted by Gasteiger charge is -2.16. The molecule has 25 heavy (non-hydrogen) atoms. The van der Waals surface area contributed by atoms with Gasteiger partial charge in [0.15, 0.2) is 5.92 Å². The molecule has 0 saturated carbocycles. The SMILES string of the molecule is COC(=O)C(C(=O)OCc1ccccc1)c1ccc([N+](=O)[O-])cc1C. The van der Waals surface area contributed by atoms with Crippen molar-refractivity contribution < 1.29 is 24.0 Å². The number of nitro groups is 1. The summed E-state index contributed by atoms with van der Waals surface area (Å²) >= 11 is 0. The van der Waals surface area contributed by atoms with Crippen molar-refractivity contribution in [2.75, 3.05) is 7.11 Å². The summed E-state index contributed by atoms with van der Waals surface area (Å²) in [5.41, 5.74) is 1.40. The topological polar surface area (TPSA) is 95.7 Å². The molecular formula is C18H17NO6. The second-order valence-corrected chi connectivity index (χ2v) is 5.35. The number of methoxy groups -OCH3 is 1. The normalized spacial score (nSPS) is 11.4. The second kappa shape index (κ2) is 8.05. The number of benzene rings is 2. The van der Waals surface area contributed by atoms with E-state index in [4.69, 9.17) is 9.47 Å². The summed E-state index contributed by atoms with van der Waals surface area (Å²) in [6.07, 6.45) is 0. The van der Waals surface area contributed by atoms with Crippen molar-refractivity contribution in [2.24, 2.45) is 0 Å². The van der Waals surface area contributed by atoms with Crippen LogP contribution in [0.4, 0.5) is 5.69 Å². The summed E-state index contributed by atoms with van der Waals surface area (Å²) in [5, 5.41) is 10.8. The van der Waals surface area contributed by atoms with E-state index in [9.17, 15) is 19.7 Å². The Bertz CT molecular complexity index is 787. The van der Waals surface area contributed by atoms with Gasteiger partial charge in [0, 0.05) is 12.1 Å². The molecule has 0 amide bonds. The lowest BCUT2D eigenvalue weighted by atomic mass is 9.94. The van der Waals surface area contributed by atoms with Crippen LogP contribution in [0, 0.1) is 17.0 Å². The van der Waals surface area contributed by atoms with Crippen LogP contribution in [0.1, 0.15) is 22.6 Å². The number of esters is 2. The van der Waals surface area contributed by atoms with E-state index in [1.807, 2.05) is 6.07 Å². The monoisotopic (exact) mass is 343 g/mol. The summed E-state index contributed by atoms with van der Waals surface area (Å²) < 4.78 is 9.93. The van der Waals surface area contributed by atoms with Gasteiger partial charge in [-0.05, 0) is 23.6 Å². The van der Waals surface area contributed by atoms with E-state index in [-0.39, 0.29) is 12.3 Å². The number of nitro benzene ring substituents is 1. The van der Waals surface area contributed by atoms with Gasteiger partial charge >= 0.3 is 11.9 Å². The van der Waals surface area contributed by atoms with Crippen molar-refractivity contribution in [2.45, 2.75) is 19.4 Å². The third-order valence-electron chi connectivity index (χ3n) is 3.67. The third-order valence-corrected chi connectivity index (χ3v) is 3.67. The number of hydrogen-bond donors (Lipinski definition) is 0. The standard InChI is InChI=1S/C18H17NO6/c1-12-10-14(19(22)23)8-9-15(12)16(17(20)24-2)18(21)25-11-13-6-4-3-5-7-13/h3-10,16H,11H2,1-2H3. The average Bonchev–Trinajstić information content (AvgIpc) is 2.62. The third kappa shape index (κ3) is 4.41. The fourth-order valence-electron chi connectivity index (χ4n) is 2.38. The van der Waals surface area contributed by atoms with E-state index in [0.717, 1.165) is 5.56 Å². The summed E-state index contributed by atoms with van der Waals surface area (Å²) in [7, 11) is 1.17. The highest BCUT2D eigenvalue weighted by atomic mass is 16.6. The number of non-ortho nitro benzene ring substituents is 1. The minimum absolute atomic E-state index is 0.0131. The molecule has 0 radical (unpaired) electrons. The Morgan fingerprint density at radius 3 is 2.36 bits per heavy atom. The highest BCUT2D eigenvalue weighted by Crippen LogP contribution is 2.26. The molecule has 1 unspecified atom stereocenters. The van der Waals surface area contributed by atoms with Crippen LogP contribution < -0.4 is 0 Å². The van der Waals surface area contributed by atoms with E-state index >= 15 is 0 Å². The minimum atomic E-state index is -1.30. The van der Waals surface area contributed by atoms with Gasteiger partial charge in [0.1, 0.15) is 6.61 Å². The molecule has 0 aliphatic heterocycles. The summed E-state index contributed by atoms with van der Waals surface area (Å²) in [4.78, 5) is 34.8. The Morgan fingerprint density at radius 2 is 1.80 bits per heavy atom. The first-order valence-corrected chi connectivity index (χ1v) is 7.47. The highest BCUT2D eigenvalue weighted by molar-refractivity contribution is 6.01. The van der Waals surface area contributed by atoms with E-state index in [2.05, 4.69) is 0 Å². The number of carbonyl (C=O) groups is 2. The van der Waals surface area contributed by atoms with Gasteiger partial charge in [0.25, 0.3) is 5.69 Å². The molecule has 0 bridgehead atoms. The molecule has 0 aliphatic carbocycles. The molecule has 0 N–H and O–H groups in total. The van der Waals surface area contributed by atoms with Crippen LogP contribution in [0.25, 0.3) is 0 Å². The van der Waals surface area contributed by atoms with Crippen molar-refractivity contribution in [3.05, 3.63) is 75.3 Å². The minimum Gasteiger partial charge on any atom is -0.468 e. The lowest BCUT2D eigenvalue weighted by Crippen LogP contribution is -2.26. The second-order valence-electron chi connectivity index (χ2n) is 5.35. The quantitative estimate of drug-likeness (QED) is 0.346. The summed E-state index contributed by atoms with van der Waals surface area (Å²) in [6, 6.07) is 12.9. The Kier molecular flexibility index (Phi) is 5.84. The molecule has 130 valence electrons. The molecule has 1 atom stereocenters. The van der Waals surface area contributed by atoms with Crippen molar-refractivity contribution >= 4 is 17.6 Å². The van der Waals surface area contributed by atoms with Crippen LogP contribution in [0.2, 0.25) is 0 Å². The van der Waals surface area contributed by atoms with Crippen molar-refractivity contribution in [3.63, 3.8) is 0 Å². The molecule has 7 heteroatoms. The van der Waals surface area contributed by atoms with Gasteiger partial charge < -0.3 is 9.47 Å². The fraction of sp³-hybridized carbons (Fsp3) is 0.222. The van der Waals surface area contributed by atoms with Gasteiger partial charge in [0.2, 0.25) is 0 Å². The zero-order valence-corrected chi connectivity index (χ0v) is 13.8. The van der Waals surface area contributed by atoms with Crippen LogP contribution in [0.3, 0.4) is 0 Å². The fourth-order valence-corrected chi connectivity index (χ4v) is 2.38. The molecule has 0 aliphatic rings. The van der Waals surface area contributed by atoms with E-state index in [1.54, 1.807) is 31.2 Å². The molecule has 0 fully saturated rings. The number of ether oxygens (including phenoxy) is 2. The van der Waals surface area contributed by atoms with Crippen LogP contribution in [0.5, 0.6) is 0 Å². The largest absolute Gasteiger partial charge is 0.468 e. The van der Waals surface area contributed by atoms with Crippen LogP contribution in [-0.4, -0.2) is 24.0 Å². The highest BCUT2D eigenvalue weighted by Gasteiger charge is 2.33. The zero-order valence-electron chi connectivity index (χ0n) is 13.8. The zero-order chi connectivity index (χ0) is 18.4. The Hall–Kier alpha value is -3.22. The van der Waals surface area contributed by atoms with Crippen LogP contribution in [-0.2, 0) is 25.7 Å². The number of aryl methyl sites for hydroxylation is 1. The number of nitrogens with zero attached hydrogens (tertiary/aromatic N) is 1. The maximum Gasteiger partial charge on any atom is 0.325 e. The van der Waals surface area contributed by atoms with E-state index < -0.39 is 22.8 Å². The Labute approximate surface area is 144 Å². The van der Waals surface area contributed by atoms with Gasteiger partial charge in [-0.2, -0.15) is 0 Å². The molecule has 2 aromatic rings. The average molecular weight is 343 g/mol. The van der Waals surface area contributed by atoms with Crippen LogP contribution >= 0.6 is 0 Å². The summed E-state index contributed by atoms with van der Waals surface area (Å²) in [5.74, 6) is -2.85. The molecule has 2 aromatic carbocycles. The first-order valence-electron chi connectivity index (χ1n) is 7.47. The van der Waals surface area contributed by atoms with Crippen LogP contribution in [0.15, 0.2) is 48.5 Å². The van der Waals surface area contributed by atoms with Gasteiger partial charge in [-0.25, -0.2) is 0 Å². The molecule has 0 heterocycles. The maximum absolute atomic E-state index is 12.4. The van der Waals surface area contributed by atoms with E-state index in [0.29, 0.717) is 11.1 Å². The number of carbonyl (C=O) groups excluding carboxylic acids is 2. The predicted molar refractivity (Wildman–Crippen MR) is 88.8 cm³/mol. The van der Waals surface area contributed by atoms with Gasteiger partial charge in [-0.15, -0.1) is 0 Å². The van der Waals surface area contributed by atoms with Gasteiger partial charge in [0.05, 0.1) is 12.0 Å². The smallest absolute Gasteiger partial charge is 0.325 e. The number of rotatable bonds is 6. The number of hydrogen-bond acceptors (Lipinski definition) is 6. The van der Waals surface area contributed by atoms with Crippen molar-refractivity contribution in [1.29, 1.82) is 0 Å². The maximum atomic E-state index is 12.4. The van der Waals surface area contributed by atoms with Crippen molar-refractivity contribution in [1.82, 2.24) is 0 Å². The molecule has 0 spiro atoms. The van der Waals surface area contributed by atoms with Crippen molar-refractivity contribution in [3.8, 4) is 0 Å². The first kappa shape index (κ1) is 18.1. The Morgan fingerprint density at radius 1 is 1.12 bits per heavy atom. The molecule has 0 aromatic heterocycles. The van der Waals surface area contributed by atoms with Gasteiger partial charge in [-0.1, -0.05) is 36.4 Å². The molecule has 0 saturated heterocycles.